The summed E-state index contributed by atoms with van der Waals surface area (Å²) in [5.41, 5.74) is -0.271. The number of likely N-dealkylation sites (tertiary alicyclic amines) is 1. The van der Waals surface area contributed by atoms with Crippen LogP contribution in [-0.4, -0.2) is 54.4 Å². The number of ether oxygens (including phenoxy) is 1. The topological polar surface area (TPSA) is 53.6 Å². The van der Waals surface area contributed by atoms with Crippen molar-refractivity contribution >= 4 is 6.09 Å². The lowest BCUT2D eigenvalue weighted by atomic mass is 9.89. The number of piperidine rings is 1. The molecule has 2 fully saturated rings. The van der Waals surface area contributed by atoms with E-state index in [1.54, 1.807) is 0 Å². The second-order valence-corrected chi connectivity index (χ2v) is 7.70. The van der Waals surface area contributed by atoms with Crippen molar-refractivity contribution in [3.8, 4) is 0 Å². The SMILES string of the molecule is CC1(NCC2CCCN2)CCN(C(=O)OC(C)(C)C)CC1. The molecule has 0 radical (unpaired) electrons. The number of carbonyl (C=O) groups excluding carboxylic acids is 1. The number of amides is 1. The van der Waals surface area contributed by atoms with Gasteiger partial charge in [-0.05, 0) is 59.9 Å². The van der Waals surface area contributed by atoms with Crippen molar-refractivity contribution < 1.29 is 9.53 Å². The highest BCUT2D eigenvalue weighted by Gasteiger charge is 2.33. The van der Waals surface area contributed by atoms with E-state index in [1.165, 1.54) is 12.8 Å². The molecule has 2 aliphatic rings. The molecular weight excluding hydrogens is 266 g/mol. The maximum Gasteiger partial charge on any atom is 0.410 e. The van der Waals surface area contributed by atoms with Gasteiger partial charge in [-0.2, -0.15) is 0 Å². The molecule has 0 bridgehead atoms. The predicted molar refractivity (Wildman–Crippen MR) is 84.5 cm³/mol. The minimum Gasteiger partial charge on any atom is -0.444 e. The first-order chi connectivity index (χ1) is 9.77. The minimum atomic E-state index is -0.412. The number of nitrogens with one attached hydrogen (secondary N) is 2. The van der Waals surface area contributed by atoms with Crippen LogP contribution in [0.5, 0.6) is 0 Å². The smallest absolute Gasteiger partial charge is 0.410 e. The maximum absolute atomic E-state index is 12.1. The molecule has 0 aromatic carbocycles. The van der Waals surface area contributed by atoms with Crippen molar-refractivity contribution in [2.45, 2.75) is 70.6 Å². The quantitative estimate of drug-likeness (QED) is 0.838. The molecule has 2 N–H and O–H groups in total. The third-order valence-corrected chi connectivity index (χ3v) is 4.46. The van der Waals surface area contributed by atoms with Crippen LogP contribution in [0, 0.1) is 0 Å². The highest BCUT2D eigenvalue weighted by atomic mass is 16.6. The van der Waals surface area contributed by atoms with Gasteiger partial charge in [0.2, 0.25) is 0 Å². The van der Waals surface area contributed by atoms with Crippen LogP contribution in [0.4, 0.5) is 4.79 Å². The second-order valence-electron chi connectivity index (χ2n) is 7.70. The van der Waals surface area contributed by atoms with Gasteiger partial charge in [0.25, 0.3) is 0 Å². The van der Waals surface area contributed by atoms with E-state index in [2.05, 4.69) is 17.6 Å². The third-order valence-electron chi connectivity index (χ3n) is 4.46. The van der Waals surface area contributed by atoms with E-state index in [4.69, 9.17) is 4.74 Å². The Bertz CT molecular complexity index is 351. The molecule has 0 aromatic rings. The lowest BCUT2D eigenvalue weighted by Crippen LogP contribution is -2.55. The summed E-state index contributed by atoms with van der Waals surface area (Å²) in [7, 11) is 0. The van der Waals surface area contributed by atoms with Gasteiger partial charge in [0.1, 0.15) is 5.60 Å². The normalized spacial score (nSPS) is 25.9. The molecule has 2 rings (SSSR count). The minimum absolute atomic E-state index is 0.142. The Hall–Kier alpha value is -0.810. The summed E-state index contributed by atoms with van der Waals surface area (Å²) in [5.74, 6) is 0. The summed E-state index contributed by atoms with van der Waals surface area (Å²) in [4.78, 5) is 13.9. The molecule has 0 saturated carbocycles. The van der Waals surface area contributed by atoms with Crippen LogP contribution in [0.15, 0.2) is 0 Å². The zero-order valence-electron chi connectivity index (χ0n) is 14.0. The highest BCUT2D eigenvalue weighted by molar-refractivity contribution is 5.68. The van der Waals surface area contributed by atoms with Gasteiger partial charge < -0.3 is 20.3 Å². The van der Waals surface area contributed by atoms with Crippen molar-refractivity contribution in [1.29, 1.82) is 0 Å². The van der Waals surface area contributed by atoms with Gasteiger partial charge in [-0.3, -0.25) is 0 Å². The molecule has 5 nitrogen and oxygen atoms in total. The summed E-state index contributed by atoms with van der Waals surface area (Å²) >= 11 is 0. The van der Waals surface area contributed by atoms with Crippen LogP contribution in [0.3, 0.4) is 0 Å². The Balaban J connectivity index is 1.74. The summed E-state index contributed by atoms with van der Waals surface area (Å²) in [5, 5.41) is 7.23. The van der Waals surface area contributed by atoms with Crippen molar-refractivity contribution in [3.05, 3.63) is 0 Å². The Kier molecular flexibility index (Phi) is 5.15. The van der Waals surface area contributed by atoms with E-state index < -0.39 is 5.60 Å². The molecule has 2 heterocycles. The average molecular weight is 297 g/mol. The second kappa shape index (κ2) is 6.53. The van der Waals surface area contributed by atoms with E-state index in [0.29, 0.717) is 6.04 Å². The number of nitrogens with zero attached hydrogens (tertiary/aromatic N) is 1. The fourth-order valence-electron chi connectivity index (χ4n) is 2.99. The van der Waals surface area contributed by atoms with Crippen molar-refractivity contribution in [1.82, 2.24) is 15.5 Å². The Morgan fingerprint density at radius 3 is 2.57 bits per heavy atom. The fraction of sp³-hybridized carbons (Fsp3) is 0.938. The third kappa shape index (κ3) is 5.15. The first-order valence-corrected chi connectivity index (χ1v) is 8.24. The molecular formula is C16H31N3O2. The predicted octanol–water partition coefficient (Wildman–Crippen LogP) is 2.12. The van der Waals surface area contributed by atoms with Gasteiger partial charge in [-0.1, -0.05) is 0 Å². The molecule has 0 spiro atoms. The number of rotatable bonds is 3. The van der Waals surface area contributed by atoms with Crippen LogP contribution < -0.4 is 10.6 Å². The van der Waals surface area contributed by atoms with Gasteiger partial charge in [-0.25, -0.2) is 4.79 Å². The standard InChI is InChI=1S/C16H31N3O2/c1-15(2,3)21-14(20)19-10-7-16(4,8-11-19)18-12-13-6-5-9-17-13/h13,17-18H,5-12H2,1-4H3. The highest BCUT2D eigenvalue weighted by Crippen LogP contribution is 2.23. The van der Waals surface area contributed by atoms with Crippen LogP contribution in [0.1, 0.15) is 53.4 Å². The average Bonchev–Trinajstić information content (AvgIpc) is 2.88. The van der Waals surface area contributed by atoms with Gasteiger partial charge in [0.05, 0.1) is 0 Å². The largest absolute Gasteiger partial charge is 0.444 e. The van der Waals surface area contributed by atoms with Crippen LogP contribution in [0.2, 0.25) is 0 Å². The van der Waals surface area contributed by atoms with Gasteiger partial charge in [0, 0.05) is 31.2 Å². The zero-order chi connectivity index (χ0) is 15.5. The van der Waals surface area contributed by atoms with Crippen LogP contribution >= 0.6 is 0 Å². The molecule has 2 aliphatic heterocycles. The Morgan fingerprint density at radius 1 is 1.38 bits per heavy atom. The van der Waals surface area contributed by atoms with E-state index in [1.807, 2.05) is 25.7 Å². The lowest BCUT2D eigenvalue weighted by Gasteiger charge is -2.41. The van der Waals surface area contributed by atoms with Gasteiger partial charge in [-0.15, -0.1) is 0 Å². The van der Waals surface area contributed by atoms with E-state index >= 15 is 0 Å². The van der Waals surface area contributed by atoms with Crippen molar-refractivity contribution in [2.24, 2.45) is 0 Å². The molecule has 21 heavy (non-hydrogen) atoms. The fourth-order valence-corrected chi connectivity index (χ4v) is 2.99. The number of carbonyl (C=O) groups is 1. The summed E-state index contributed by atoms with van der Waals surface area (Å²) in [6, 6.07) is 0.616. The molecule has 0 aliphatic carbocycles. The zero-order valence-corrected chi connectivity index (χ0v) is 14.0. The molecule has 1 amide bonds. The van der Waals surface area contributed by atoms with Crippen molar-refractivity contribution in [2.75, 3.05) is 26.2 Å². The first-order valence-electron chi connectivity index (χ1n) is 8.24. The Labute approximate surface area is 128 Å². The van der Waals surface area contributed by atoms with Crippen molar-refractivity contribution in [3.63, 3.8) is 0 Å². The molecule has 1 unspecified atom stereocenters. The summed E-state index contributed by atoms with van der Waals surface area (Å²) < 4.78 is 5.44. The van der Waals surface area contributed by atoms with E-state index in [-0.39, 0.29) is 11.6 Å². The monoisotopic (exact) mass is 297 g/mol. The first kappa shape index (κ1) is 16.6. The van der Waals surface area contributed by atoms with Gasteiger partial charge in [0.15, 0.2) is 0 Å². The Morgan fingerprint density at radius 2 is 2.05 bits per heavy atom. The molecule has 1 atom stereocenters. The van der Waals surface area contributed by atoms with Crippen LogP contribution in [0.25, 0.3) is 0 Å². The number of hydrogen-bond donors (Lipinski definition) is 2. The lowest BCUT2D eigenvalue weighted by molar-refractivity contribution is 0.0157. The van der Waals surface area contributed by atoms with Gasteiger partial charge >= 0.3 is 6.09 Å². The maximum atomic E-state index is 12.1. The van der Waals surface area contributed by atoms with Crippen LogP contribution in [-0.2, 0) is 4.74 Å². The molecule has 2 saturated heterocycles. The molecule has 0 aromatic heterocycles. The summed E-state index contributed by atoms with van der Waals surface area (Å²) in [6.45, 7) is 11.7. The van der Waals surface area contributed by atoms with E-state index in [9.17, 15) is 4.79 Å². The van der Waals surface area contributed by atoms with E-state index in [0.717, 1.165) is 39.0 Å². The molecule has 122 valence electrons. The molecule has 5 heteroatoms. The number of hydrogen-bond acceptors (Lipinski definition) is 4. The summed E-state index contributed by atoms with van der Waals surface area (Å²) in [6.07, 6.45) is 4.35.